The van der Waals surface area contributed by atoms with Gasteiger partial charge in [0.2, 0.25) is 0 Å². The second kappa shape index (κ2) is 5.60. The molecule has 1 saturated carbocycles. The molecular formula is C12H19N3OS. The minimum Gasteiger partial charge on any atom is -0.338 e. The second-order valence-electron chi connectivity index (χ2n) is 4.58. The second-order valence-corrected chi connectivity index (χ2v) is 5.46. The molecule has 5 heteroatoms. The molecule has 4 nitrogen and oxygen atoms in total. The van der Waals surface area contributed by atoms with E-state index in [4.69, 9.17) is 0 Å². The lowest BCUT2D eigenvalue weighted by molar-refractivity contribution is 0.0690. The molecule has 0 radical (unpaired) electrons. The van der Waals surface area contributed by atoms with Crippen LogP contribution in [-0.4, -0.2) is 42.0 Å². The smallest absolute Gasteiger partial charge is 0.265 e. The van der Waals surface area contributed by atoms with Crippen molar-refractivity contribution in [3.05, 3.63) is 16.6 Å². The maximum atomic E-state index is 12.1. The van der Waals surface area contributed by atoms with Gasteiger partial charge in [0, 0.05) is 19.1 Å². The molecule has 1 aliphatic rings. The van der Waals surface area contributed by atoms with Crippen LogP contribution >= 0.6 is 11.3 Å². The zero-order chi connectivity index (χ0) is 12.3. The highest BCUT2D eigenvalue weighted by atomic mass is 32.1. The predicted molar refractivity (Wildman–Crippen MR) is 69.3 cm³/mol. The molecule has 2 rings (SSSR count). The zero-order valence-corrected chi connectivity index (χ0v) is 11.2. The number of carbonyl (C=O) groups excluding carboxylic acids is 1. The summed E-state index contributed by atoms with van der Waals surface area (Å²) in [4.78, 5) is 18.7. The molecule has 0 unspecified atom stereocenters. The van der Waals surface area contributed by atoms with Crippen molar-refractivity contribution in [1.29, 1.82) is 0 Å². The predicted octanol–water partition coefficient (Wildman–Crippen LogP) is 1.75. The van der Waals surface area contributed by atoms with Gasteiger partial charge in [-0.15, -0.1) is 11.3 Å². The van der Waals surface area contributed by atoms with E-state index in [2.05, 4.69) is 10.3 Å². The highest BCUT2D eigenvalue weighted by Gasteiger charge is 2.26. The Bertz CT molecular complexity index is 358. The fourth-order valence-corrected chi connectivity index (χ4v) is 3.01. The van der Waals surface area contributed by atoms with Crippen LogP contribution in [0.25, 0.3) is 0 Å². The first-order valence-corrected chi connectivity index (χ1v) is 6.93. The standard InChI is InChI=1S/C12H19N3OS/c1-13-9-3-5-10(6-4-9)15(2)12(16)11-7-14-8-17-11/h7-10,13H,3-6H2,1-2H3. The fourth-order valence-electron chi connectivity index (χ4n) is 2.41. The minimum absolute atomic E-state index is 0.111. The quantitative estimate of drug-likeness (QED) is 0.892. The lowest BCUT2D eigenvalue weighted by Crippen LogP contribution is -2.42. The van der Waals surface area contributed by atoms with E-state index in [9.17, 15) is 4.79 Å². The summed E-state index contributed by atoms with van der Waals surface area (Å²) >= 11 is 1.41. The number of hydrogen-bond acceptors (Lipinski definition) is 4. The van der Waals surface area contributed by atoms with Crippen molar-refractivity contribution in [2.24, 2.45) is 0 Å². The Kier molecular flexibility index (Phi) is 4.12. The third kappa shape index (κ3) is 2.84. The van der Waals surface area contributed by atoms with Crippen molar-refractivity contribution < 1.29 is 4.79 Å². The van der Waals surface area contributed by atoms with Gasteiger partial charge in [-0.05, 0) is 32.7 Å². The molecule has 0 spiro atoms. The van der Waals surface area contributed by atoms with Crippen molar-refractivity contribution in [3.8, 4) is 0 Å². The molecule has 94 valence electrons. The third-order valence-corrected chi connectivity index (χ3v) is 4.38. The molecule has 17 heavy (non-hydrogen) atoms. The lowest BCUT2D eigenvalue weighted by Gasteiger charge is -2.34. The van der Waals surface area contributed by atoms with Crippen molar-refractivity contribution in [3.63, 3.8) is 0 Å². The van der Waals surface area contributed by atoms with Gasteiger partial charge in [-0.1, -0.05) is 0 Å². The molecule has 1 N–H and O–H groups in total. The topological polar surface area (TPSA) is 45.2 Å². The Morgan fingerprint density at radius 2 is 2.18 bits per heavy atom. The molecule has 0 bridgehead atoms. The van der Waals surface area contributed by atoms with Crippen molar-refractivity contribution in [2.45, 2.75) is 37.8 Å². The van der Waals surface area contributed by atoms with Crippen LogP contribution < -0.4 is 5.32 Å². The van der Waals surface area contributed by atoms with Crippen LogP contribution in [0.2, 0.25) is 0 Å². The van der Waals surface area contributed by atoms with Gasteiger partial charge in [0.1, 0.15) is 4.88 Å². The van der Waals surface area contributed by atoms with E-state index in [0.717, 1.165) is 30.6 Å². The van der Waals surface area contributed by atoms with Gasteiger partial charge in [0.25, 0.3) is 5.91 Å². The first kappa shape index (κ1) is 12.5. The minimum atomic E-state index is 0.111. The van der Waals surface area contributed by atoms with Gasteiger partial charge in [0.05, 0.1) is 11.7 Å². The first-order valence-electron chi connectivity index (χ1n) is 6.05. The van der Waals surface area contributed by atoms with E-state index >= 15 is 0 Å². The highest BCUT2D eigenvalue weighted by Crippen LogP contribution is 2.23. The number of nitrogens with zero attached hydrogens (tertiary/aromatic N) is 2. The van der Waals surface area contributed by atoms with Crippen LogP contribution in [0.5, 0.6) is 0 Å². The van der Waals surface area contributed by atoms with Crippen LogP contribution in [0.15, 0.2) is 11.7 Å². The van der Waals surface area contributed by atoms with Gasteiger partial charge in [-0.3, -0.25) is 9.78 Å². The maximum Gasteiger partial charge on any atom is 0.265 e. The van der Waals surface area contributed by atoms with E-state index in [1.54, 1.807) is 11.7 Å². The van der Waals surface area contributed by atoms with Gasteiger partial charge in [0.15, 0.2) is 0 Å². The van der Waals surface area contributed by atoms with Crippen molar-refractivity contribution >= 4 is 17.2 Å². The monoisotopic (exact) mass is 253 g/mol. The van der Waals surface area contributed by atoms with E-state index < -0.39 is 0 Å². The molecule has 1 heterocycles. The van der Waals surface area contributed by atoms with Gasteiger partial charge in [-0.25, -0.2) is 0 Å². The average Bonchev–Trinajstić information content (AvgIpc) is 2.91. The molecule has 1 aromatic rings. The van der Waals surface area contributed by atoms with E-state index in [0.29, 0.717) is 12.1 Å². The fraction of sp³-hybridized carbons (Fsp3) is 0.667. The Morgan fingerprint density at radius 3 is 2.71 bits per heavy atom. The molecule has 0 aliphatic heterocycles. The Hall–Kier alpha value is -0.940. The largest absolute Gasteiger partial charge is 0.338 e. The number of nitrogens with one attached hydrogen (secondary N) is 1. The molecule has 0 aromatic carbocycles. The third-order valence-electron chi connectivity index (χ3n) is 3.62. The summed E-state index contributed by atoms with van der Waals surface area (Å²) in [6.45, 7) is 0. The summed E-state index contributed by atoms with van der Waals surface area (Å²) in [5.41, 5.74) is 1.71. The van der Waals surface area contributed by atoms with E-state index in [1.165, 1.54) is 11.3 Å². The molecule has 0 atom stereocenters. The van der Waals surface area contributed by atoms with Gasteiger partial charge in [-0.2, -0.15) is 0 Å². The summed E-state index contributed by atoms with van der Waals surface area (Å²) in [7, 11) is 3.92. The molecule has 1 amide bonds. The normalized spacial score (nSPS) is 24.6. The number of amides is 1. The van der Waals surface area contributed by atoms with Crippen LogP contribution in [0, 0.1) is 0 Å². The van der Waals surface area contributed by atoms with E-state index in [-0.39, 0.29) is 5.91 Å². The summed E-state index contributed by atoms with van der Waals surface area (Å²) in [6, 6.07) is 1.01. The van der Waals surface area contributed by atoms with Crippen LogP contribution in [-0.2, 0) is 0 Å². The summed E-state index contributed by atoms with van der Waals surface area (Å²) in [5.74, 6) is 0.111. The Morgan fingerprint density at radius 1 is 1.47 bits per heavy atom. The SMILES string of the molecule is CNC1CCC(N(C)C(=O)c2cncs2)CC1. The molecule has 1 aromatic heterocycles. The number of carbonyl (C=O) groups is 1. The number of hydrogen-bond donors (Lipinski definition) is 1. The number of rotatable bonds is 3. The Labute approximate surface area is 106 Å². The zero-order valence-electron chi connectivity index (χ0n) is 10.3. The highest BCUT2D eigenvalue weighted by molar-refractivity contribution is 7.11. The van der Waals surface area contributed by atoms with Gasteiger partial charge < -0.3 is 10.2 Å². The molecule has 1 fully saturated rings. The number of aromatic nitrogens is 1. The van der Waals surface area contributed by atoms with E-state index in [1.807, 2.05) is 19.0 Å². The van der Waals surface area contributed by atoms with Crippen LogP contribution in [0.1, 0.15) is 35.4 Å². The molecular weight excluding hydrogens is 234 g/mol. The van der Waals surface area contributed by atoms with Crippen LogP contribution in [0.3, 0.4) is 0 Å². The summed E-state index contributed by atoms with van der Waals surface area (Å²) in [5, 5.41) is 3.31. The molecule has 1 aliphatic carbocycles. The summed E-state index contributed by atoms with van der Waals surface area (Å²) in [6.07, 6.45) is 6.14. The van der Waals surface area contributed by atoms with Crippen molar-refractivity contribution in [2.75, 3.05) is 14.1 Å². The summed E-state index contributed by atoms with van der Waals surface area (Å²) < 4.78 is 0. The van der Waals surface area contributed by atoms with Crippen molar-refractivity contribution in [1.82, 2.24) is 15.2 Å². The average molecular weight is 253 g/mol. The Balaban J connectivity index is 1.92. The molecule has 0 saturated heterocycles. The van der Waals surface area contributed by atoms with Crippen LogP contribution in [0.4, 0.5) is 0 Å². The number of thiazole rings is 1. The lowest BCUT2D eigenvalue weighted by atomic mass is 9.90. The maximum absolute atomic E-state index is 12.1. The first-order chi connectivity index (χ1) is 8.22. The van der Waals surface area contributed by atoms with Gasteiger partial charge >= 0.3 is 0 Å².